The maximum absolute atomic E-state index is 13.0. The lowest BCUT2D eigenvalue weighted by molar-refractivity contribution is -0.125. The summed E-state index contributed by atoms with van der Waals surface area (Å²) >= 11 is 7.47. The van der Waals surface area contributed by atoms with Gasteiger partial charge in [-0.3, -0.25) is 9.78 Å². The fourth-order valence-electron chi connectivity index (χ4n) is 3.90. The third kappa shape index (κ3) is 5.31. The number of anilines is 1. The number of benzene rings is 2. The molecule has 1 amide bonds. The molecule has 0 fully saturated rings. The van der Waals surface area contributed by atoms with Crippen molar-refractivity contribution in [3.05, 3.63) is 77.3 Å². The Morgan fingerprint density at radius 2 is 1.94 bits per heavy atom. The van der Waals surface area contributed by atoms with E-state index in [0.717, 1.165) is 46.2 Å². The molecule has 0 radical (unpaired) electrons. The lowest BCUT2D eigenvalue weighted by atomic mass is 10.1. The minimum absolute atomic E-state index is 0.0410. The highest BCUT2D eigenvalue weighted by Gasteiger charge is 2.31. The first kappa shape index (κ1) is 23.3. The van der Waals surface area contributed by atoms with Crippen molar-refractivity contribution in [3.63, 3.8) is 0 Å². The van der Waals surface area contributed by atoms with Crippen molar-refractivity contribution in [2.75, 3.05) is 18.1 Å². The van der Waals surface area contributed by atoms with Gasteiger partial charge in [0.05, 0.1) is 23.7 Å². The van der Waals surface area contributed by atoms with Crippen LogP contribution in [-0.2, 0) is 4.79 Å². The van der Waals surface area contributed by atoms with E-state index < -0.39 is 6.10 Å². The van der Waals surface area contributed by atoms with Gasteiger partial charge in [-0.2, -0.15) is 0 Å². The van der Waals surface area contributed by atoms with Crippen LogP contribution in [0.5, 0.6) is 11.5 Å². The molecule has 2 aromatic carbocycles. The Bertz CT molecular complexity index is 1310. The van der Waals surface area contributed by atoms with Crippen molar-refractivity contribution in [1.29, 1.82) is 0 Å². The molecule has 1 aliphatic rings. The largest absolute Gasteiger partial charge is 0.494 e. The molecule has 6 nitrogen and oxygen atoms in total. The van der Waals surface area contributed by atoms with E-state index in [9.17, 15) is 4.79 Å². The summed E-state index contributed by atoms with van der Waals surface area (Å²) in [6.45, 7) is 2.94. The number of thiazole rings is 1. The van der Waals surface area contributed by atoms with E-state index in [1.54, 1.807) is 36.6 Å². The van der Waals surface area contributed by atoms with Crippen LogP contribution in [0.3, 0.4) is 0 Å². The van der Waals surface area contributed by atoms with Gasteiger partial charge in [-0.05, 0) is 74.4 Å². The van der Waals surface area contributed by atoms with Crippen LogP contribution in [0.2, 0.25) is 5.02 Å². The van der Waals surface area contributed by atoms with Gasteiger partial charge >= 0.3 is 0 Å². The molecule has 0 saturated carbocycles. The topological polar surface area (TPSA) is 64.6 Å². The monoisotopic (exact) mass is 505 g/mol. The Kier molecular flexibility index (Phi) is 6.97. The second kappa shape index (κ2) is 10.5. The van der Waals surface area contributed by atoms with Gasteiger partial charge in [-0.1, -0.05) is 17.7 Å². The van der Waals surface area contributed by atoms with Gasteiger partial charge in [0.1, 0.15) is 16.5 Å². The third-order valence-corrected chi connectivity index (χ3v) is 6.83. The normalized spacial score (nSPS) is 15.0. The molecule has 8 heteroatoms. The number of nitrogens with zero attached hydrogens (tertiary/aromatic N) is 3. The highest BCUT2D eigenvalue weighted by Crippen LogP contribution is 2.38. The summed E-state index contributed by atoms with van der Waals surface area (Å²) < 4.78 is 11.7. The van der Waals surface area contributed by atoms with Gasteiger partial charge in [0.15, 0.2) is 6.10 Å². The van der Waals surface area contributed by atoms with E-state index >= 15 is 0 Å². The Labute approximate surface area is 213 Å². The van der Waals surface area contributed by atoms with E-state index in [2.05, 4.69) is 4.98 Å². The maximum atomic E-state index is 13.0. The predicted molar refractivity (Wildman–Crippen MR) is 139 cm³/mol. The fraction of sp³-hybridized carbons (Fsp3) is 0.222. The van der Waals surface area contributed by atoms with Gasteiger partial charge in [0.25, 0.3) is 5.91 Å². The first-order valence-electron chi connectivity index (χ1n) is 11.5. The summed E-state index contributed by atoms with van der Waals surface area (Å²) in [7, 11) is 0. The summed E-state index contributed by atoms with van der Waals surface area (Å²) in [5.41, 5.74) is 3.40. The molecule has 0 bridgehead atoms. The van der Waals surface area contributed by atoms with E-state index in [1.165, 1.54) is 0 Å². The number of amides is 1. The molecule has 0 aliphatic carbocycles. The summed E-state index contributed by atoms with van der Waals surface area (Å²) in [5.74, 6) is 1.45. The number of halogens is 1. The molecule has 0 spiro atoms. The van der Waals surface area contributed by atoms with Crippen LogP contribution >= 0.6 is 22.9 Å². The average molecular weight is 506 g/mol. The van der Waals surface area contributed by atoms with E-state index in [4.69, 9.17) is 26.1 Å². The Balaban J connectivity index is 1.28. The van der Waals surface area contributed by atoms with Crippen LogP contribution in [-0.4, -0.2) is 35.1 Å². The minimum atomic E-state index is -0.520. The van der Waals surface area contributed by atoms with Gasteiger partial charge in [-0.15, -0.1) is 11.3 Å². The molecular weight excluding hydrogens is 482 g/mol. The third-order valence-electron chi connectivity index (χ3n) is 5.71. The Morgan fingerprint density at radius 3 is 2.74 bits per heavy atom. The molecule has 0 N–H and O–H groups in total. The number of hydrogen-bond acceptors (Lipinski definition) is 6. The zero-order valence-corrected chi connectivity index (χ0v) is 20.8. The number of rotatable bonds is 8. The van der Waals surface area contributed by atoms with Crippen LogP contribution in [0.4, 0.5) is 5.69 Å². The fourth-order valence-corrected chi connectivity index (χ4v) is 4.83. The molecule has 5 rings (SSSR count). The minimum Gasteiger partial charge on any atom is -0.494 e. The summed E-state index contributed by atoms with van der Waals surface area (Å²) in [6, 6.07) is 19.0. The molecule has 0 saturated heterocycles. The number of fused-ring (bicyclic) bond motifs is 1. The van der Waals surface area contributed by atoms with Crippen molar-refractivity contribution >= 4 is 34.5 Å². The smallest absolute Gasteiger partial charge is 0.267 e. The average Bonchev–Trinajstić information content (AvgIpc) is 3.38. The van der Waals surface area contributed by atoms with Crippen molar-refractivity contribution in [3.8, 4) is 33.5 Å². The highest BCUT2D eigenvalue weighted by atomic mass is 35.5. The summed E-state index contributed by atoms with van der Waals surface area (Å²) in [5, 5.41) is 3.55. The number of carbonyl (C=O) groups excluding carboxylic acids is 1. The molecule has 1 atom stereocenters. The van der Waals surface area contributed by atoms with E-state index in [1.807, 2.05) is 58.8 Å². The lowest BCUT2D eigenvalue weighted by Crippen LogP contribution is -2.45. The van der Waals surface area contributed by atoms with Crippen molar-refractivity contribution in [1.82, 2.24) is 9.97 Å². The maximum Gasteiger partial charge on any atom is 0.267 e. The molecule has 1 unspecified atom stereocenters. The highest BCUT2D eigenvalue weighted by molar-refractivity contribution is 7.13. The molecule has 178 valence electrons. The zero-order chi connectivity index (χ0) is 24.2. The zero-order valence-electron chi connectivity index (χ0n) is 19.2. The van der Waals surface area contributed by atoms with Crippen molar-refractivity contribution in [2.24, 2.45) is 0 Å². The quantitative estimate of drug-likeness (QED) is 0.256. The standard InChI is InChI=1S/C27H24ClN3O3S/c1-18-27(32)31(14-4-5-15-33-21-10-8-20(28)9-11-21)24-16-19(7-12-25(24)34-18)23-17-35-26(30-23)22-6-2-3-13-29-22/h2-3,6-13,16-18H,4-5,14-15H2,1H3. The number of pyridine rings is 1. The second-order valence-electron chi connectivity index (χ2n) is 8.19. The number of carbonyl (C=O) groups is 1. The van der Waals surface area contributed by atoms with Crippen molar-refractivity contribution < 1.29 is 14.3 Å². The van der Waals surface area contributed by atoms with Crippen LogP contribution in [0.25, 0.3) is 22.0 Å². The number of aromatic nitrogens is 2. The second-order valence-corrected chi connectivity index (χ2v) is 9.49. The molecular formula is C27H24ClN3O3S. The van der Waals surface area contributed by atoms with Gasteiger partial charge in [0, 0.05) is 28.7 Å². The molecule has 2 aromatic heterocycles. The molecule has 1 aliphatic heterocycles. The first-order chi connectivity index (χ1) is 17.1. The molecule has 4 aromatic rings. The van der Waals surface area contributed by atoms with Crippen molar-refractivity contribution in [2.45, 2.75) is 25.9 Å². The SMILES string of the molecule is CC1Oc2ccc(-c3csc(-c4ccccn4)n3)cc2N(CCCCOc2ccc(Cl)cc2)C1=O. The van der Waals surface area contributed by atoms with Crippen LogP contribution < -0.4 is 14.4 Å². The Hall–Kier alpha value is -3.42. The number of hydrogen-bond donors (Lipinski definition) is 0. The van der Waals surface area contributed by atoms with Crippen LogP contribution in [0.15, 0.2) is 72.2 Å². The predicted octanol–water partition coefficient (Wildman–Crippen LogP) is 6.50. The number of unbranched alkanes of at least 4 members (excludes halogenated alkanes) is 1. The van der Waals surface area contributed by atoms with Gasteiger partial charge < -0.3 is 14.4 Å². The lowest BCUT2D eigenvalue weighted by Gasteiger charge is -2.33. The van der Waals surface area contributed by atoms with Crippen LogP contribution in [0, 0.1) is 0 Å². The molecule has 3 heterocycles. The number of ether oxygens (including phenoxy) is 2. The molecule has 35 heavy (non-hydrogen) atoms. The van der Waals surface area contributed by atoms with E-state index in [0.29, 0.717) is 23.9 Å². The van der Waals surface area contributed by atoms with E-state index in [-0.39, 0.29) is 5.91 Å². The summed E-state index contributed by atoms with van der Waals surface area (Å²) in [6.07, 6.45) is 2.86. The van der Waals surface area contributed by atoms with Crippen LogP contribution in [0.1, 0.15) is 19.8 Å². The van der Waals surface area contributed by atoms with Gasteiger partial charge in [-0.25, -0.2) is 4.98 Å². The first-order valence-corrected chi connectivity index (χ1v) is 12.7. The van der Waals surface area contributed by atoms with Gasteiger partial charge in [0.2, 0.25) is 0 Å². The Morgan fingerprint density at radius 1 is 1.09 bits per heavy atom. The summed E-state index contributed by atoms with van der Waals surface area (Å²) in [4.78, 5) is 24.0.